The van der Waals surface area contributed by atoms with Crippen LogP contribution >= 0.6 is 22.7 Å². The van der Waals surface area contributed by atoms with E-state index in [0.29, 0.717) is 18.4 Å². The number of aliphatic carboxylic acids is 2. The number of benzene rings is 2. The molecule has 2 N–H and O–H groups in total. The van der Waals surface area contributed by atoms with Gasteiger partial charge >= 0.3 is 24.3 Å². The van der Waals surface area contributed by atoms with Gasteiger partial charge in [0, 0.05) is 78.0 Å². The van der Waals surface area contributed by atoms with E-state index in [1.54, 1.807) is 0 Å². The van der Waals surface area contributed by atoms with Gasteiger partial charge in [0.05, 0.1) is 52.5 Å². The SMILES string of the molecule is O=C(O[C@H]1C[N+]2(CCCOc3ccc4c(c3)CCCC4)CCC1CC2)[C@](O)(c1cccs1)C1CCCC1.O=C(O[C@H]1C[N+]2(CCCOc3ccc4c(c3)OCO4)CCC1CC2)[C@](O)(c1cccs1)C1CCCC1.O=C([O-])C(F)(F)F.O=C([O-])C(F)(F)F. The van der Waals surface area contributed by atoms with Gasteiger partial charge in [-0.15, -0.1) is 22.7 Å². The van der Waals surface area contributed by atoms with Gasteiger partial charge in [-0.25, -0.2) is 9.59 Å². The van der Waals surface area contributed by atoms with Crippen LogP contribution in [0.15, 0.2) is 71.4 Å². The minimum atomic E-state index is -5.19. The third-order valence-corrected chi connectivity index (χ3v) is 21.1. The number of rotatable bonds is 18. The number of fused-ring (bicyclic) bond motifs is 8. The standard InChI is InChI=1S/C31H42NO4S.C28H36NO6S.2C2HF3O2/c33-30(31(34,26-9-3-4-10-26)29-11-5-20-37-29)36-28-22-32(17-14-24(28)15-18-32)16-6-19-35-27-13-12-23-7-1-2-8-25(23)21-27;30-27(28(31,21-5-1-2-6-21)26-7-3-16-36-26)35-25-18-29(13-10-20(25)11-14-29)12-4-15-32-22-8-9-23-24(17-22)34-19-33-23;2*3-2(4,5)1(6)7/h5,11-13,20-21,24,26,28,34H,1-4,6-10,14-19,22H2;3,7-9,16-17,20-21,25,31H,1-2,4-6,10-15,18-19H2;2*(H,6,7)/q2*+1;;/p-2/t24?,28-,31+,32?;20?,25-,28+,29?;;/m00../s1. The van der Waals surface area contributed by atoms with E-state index in [9.17, 15) is 46.1 Å². The Hall–Kier alpha value is -5.66. The van der Waals surface area contributed by atoms with Crippen molar-refractivity contribution in [3.63, 3.8) is 0 Å². The molecule has 7 aliphatic heterocycles. The molecular weight excluding hydrogens is 1190 g/mol. The van der Waals surface area contributed by atoms with Crippen LogP contribution in [-0.2, 0) is 52.7 Å². The molecule has 24 heteroatoms. The zero-order chi connectivity index (χ0) is 62.0. The molecule has 2 aromatic carbocycles. The molecule has 3 aliphatic carbocycles. The summed E-state index contributed by atoms with van der Waals surface area (Å²) in [6.45, 7) is 9.97. The Morgan fingerprint density at radius 2 is 0.966 bits per heavy atom. The first kappa shape index (κ1) is 65.8. The maximum Gasteiger partial charge on any atom is 0.430 e. The number of nitrogens with zero attached hydrogens (tertiary/aromatic N) is 2. The van der Waals surface area contributed by atoms with Crippen LogP contribution in [-0.4, -0.2) is 140 Å². The van der Waals surface area contributed by atoms with E-state index in [2.05, 4.69) is 18.2 Å². The number of quaternary nitrogens is 2. The molecule has 0 spiro atoms. The summed E-state index contributed by atoms with van der Waals surface area (Å²) in [5, 5.41) is 45.0. The smallest absolute Gasteiger partial charge is 0.430 e. The normalized spacial score (nSPS) is 26.0. The number of aliphatic hydroxyl groups is 2. The lowest BCUT2D eigenvalue weighted by Gasteiger charge is -2.52. The number of halogens is 6. The summed E-state index contributed by atoms with van der Waals surface area (Å²) >= 11 is 2.93. The van der Waals surface area contributed by atoms with E-state index < -0.39 is 47.4 Å². The Labute approximate surface area is 510 Å². The number of esters is 2. The van der Waals surface area contributed by atoms with Crippen molar-refractivity contribution < 1.29 is 103 Å². The van der Waals surface area contributed by atoms with E-state index in [4.69, 9.17) is 48.2 Å². The minimum absolute atomic E-state index is 0.0383. The second kappa shape index (κ2) is 28.4. The number of hydrogen-bond donors (Lipinski definition) is 2. The van der Waals surface area contributed by atoms with Crippen molar-refractivity contribution in [1.29, 1.82) is 0 Å². The largest absolute Gasteiger partial charge is 0.542 e. The van der Waals surface area contributed by atoms with Crippen molar-refractivity contribution >= 4 is 46.6 Å². The van der Waals surface area contributed by atoms with Gasteiger partial charge in [0.2, 0.25) is 6.79 Å². The van der Waals surface area contributed by atoms with Crippen molar-refractivity contribution in [2.45, 2.75) is 151 Å². The number of ether oxygens (including phenoxy) is 6. The lowest BCUT2D eigenvalue weighted by molar-refractivity contribution is -0.946. The molecule has 9 heterocycles. The predicted molar refractivity (Wildman–Crippen MR) is 303 cm³/mol. The Bertz CT molecular complexity index is 2900. The fourth-order valence-corrected chi connectivity index (χ4v) is 16.1. The van der Waals surface area contributed by atoms with Crippen LogP contribution in [0.5, 0.6) is 23.0 Å². The monoisotopic (exact) mass is 1260 g/mol. The summed E-state index contributed by atoms with van der Waals surface area (Å²) in [5.41, 5.74) is -0.0503. The van der Waals surface area contributed by atoms with Crippen LogP contribution in [0.2, 0.25) is 0 Å². The topological polar surface area (TPSA) is 210 Å². The fourth-order valence-electron chi connectivity index (χ4n) is 14.4. The molecule has 2 saturated carbocycles. The second-order valence-corrected chi connectivity index (χ2v) is 26.4. The number of hydrogen-bond acceptors (Lipinski definition) is 16. The average molecular weight is 1270 g/mol. The maximum absolute atomic E-state index is 13.6. The van der Waals surface area contributed by atoms with Gasteiger partial charge in [0.15, 0.2) is 34.9 Å². The highest BCUT2D eigenvalue weighted by molar-refractivity contribution is 7.10. The molecule has 4 atom stereocenters. The van der Waals surface area contributed by atoms with Crippen molar-refractivity contribution in [2.24, 2.45) is 23.7 Å². The summed E-state index contributed by atoms with van der Waals surface area (Å²) in [4.78, 5) is 46.3. The number of carboxylic acid groups (broad SMARTS) is 2. The molecule has 87 heavy (non-hydrogen) atoms. The van der Waals surface area contributed by atoms with Gasteiger partial charge < -0.3 is 67.4 Å². The number of carboxylic acids is 2. The Morgan fingerprint density at radius 1 is 0.552 bits per heavy atom. The summed E-state index contributed by atoms with van der Waals surface area (Å²) in [5.74, 6) is -2.83. The van der Waals surface area contributed by atoms with Crippen LogP contribution in [0.25, 0.3) is 0 Å². The summed E-state index contributed by atoms with van der Waals surface area (Å²) in [7, 11) is 0. The second-order valence-electron chi connectivity index (χ2n) is 24.5. The van der Waals surface area contributed by atoms with E-state index in [1.807, 2.05) is 53.2 Å². The molecule has 478 valence electrons. The van der Waals surface area contributed by atoms with Gasteiger partial charge in [0.1, 0.15) is 36.5 Å². The Balaban J connectivity index is 0.000000170. The number of aryl methyl sites for hydroxylation is 2. The zero-order valence-corrected chi connectivity index (χ0v) is 50.3. The minimum Gasteiger partial charge on any atom is -0.542 e. The van der Waals surface area contributed by atoms with Crippen LogP contribution in [0, 0.1) is 23.7 Å². The van der Waals surface area contributed by atoms with Crippen LogP contribution in [0.1, 0.15) is 124 Å². The first-order chi connectivity index (χ1) is 41.5. The zero-order valence-electron chi connectivity index (χ0n) is 48.7. The highest BCUT2D eigenvalue weighted by atomic mass is 32.1. The molecule has 2 aromatic heterocycles. The molecule has 16 nitrogen and oxygen atoms in total. The predicted octanol–water partition coefficient (Wildman–Crippen LogP) is 8.70. The van der Waals surface area contributed by atoms with Crippen molar-refractivity contribution in [3.8, 4) is 23.0 Å². The van der Waals surface area contributed by atoms with E-state index in [-0.39, 0.29) is 30.8 Å². The molecule has 0 radical (unpaired) electrons. The highest BCUT2D eigenvalue weighted by Gasteiger charge is 2.55. The molecule has 8 fully saturated rings. The van der Waals surface area contributed by atoms with Crippen LogP contribution < -0.4 is 29.2 Å². The summed E-state index contributed by atoms with van der Waals surface area (Å²) in [6, 6.07) is 19.9. The first-order valence-corrected chi connectivity index (χ1v) is 32.2. The third kappa shape index (κ3) is 16.0. The number of piperidine rings is 6. The summed E-state index contributed by atoms with van der Waals surface area (Å²) in [6.07, 6.45) is 8.45. The van der Waals surface area contributed by atoms with Crippen LogP contribution in [0.4, 0.5) is 26.3 Å². The van der Waals surface area contributed by atoms with Gasteiger partial charge in [-0.1, -0.05) is 43.9 Å². The Morgan fingerprint density at radius 3 is 1.39 bits per heavy atom. The Kier molecular flexibility index (Phi) is 21.5. The quantitative estimate of drug-likeness (QED) is 0.0413. The lowest BCUT2D eigenvalue weighted by atomic mass is 9.82. The molecule has 0 unspecified atom stereocenters. The van der Waals surface area contributed by atoms with E-state index in [0.717, 1.165) is 191 Å². The van der Waals surface area contributed by atoms with Crippen molar-refractivity contribution in [2.75, 3.05) is 72.4 Å². The fraction of sp³-hybridized carbons (Fsp3) is 0.619. The molecule has 10 aliphatic rings. The van der Waals surface area contributed by atoms with Gasteiger partial charge in [-0.3, -0.25) is 0 Å². The molecule has 0 amide bonds. The molecule has 14 rings (SSSR count). The number of carbonyl (C=O) groups excluding carboxylic acids is 4. The average Bonchev–Trinajstić information content (AvgIpc) is 2.02. The number of carbonyl (C=O) groups is 4. The molecular formula is C63H78F6N2O14S2. The van der Waals surface area contributed by atoms with Crippen LogP contribution in [0.3, 0.4) is 0 Å². The van der Waals surface area contributed by atoms with E-state index >= 15 is 0 Å². The van der Waals surface area contributed by atoms with Gasteiger partial charge in [0.25, 0.3) is 0 Å². The highest BCUT2D eigenvalue weighted by Crippen LogP contribution is 2.47. The molecule has 4 bridgehead atoms. The number of alkyl halides is 6. The van der Waals surface area contributed by atoms with Crippen molar-refractivity contribution in [3.05, 3.63) is 92.3 Å². The summed E-state index contributed by atoms with van der Waals surface area (Å²) < 4.78 is 101. The lowest BCUT2D eigenvalue weighted by Crippen LogP contribution is -2.65. The van der Waals surface area contributed by atoms with E-state index in [1.165, 1.54) is 59.5 Å². The maximum atomic E-state index is 13.6. The third-order valence-electron chi connectivity index (χ3n) is 19.1. The first-order valence-electron chi connectivity index (χ1n) is 30.5. The molecule has 4 aromatic rings. The van der Waals surface area contributed by atoms with Gasteiger partial charge in [-0.2, -0.15) is 26.3 Å². The number of thiophene rings is 2. The van der Waals surface area contributed by atoms with Crippen molar-refractivity contribution in [1.82, 2.24) is 0 Å². The van der Waals surface area contributed by atoms with Gasteiger partial charge in [-0.05, 0) is 110 Å². The molecule has 6 saturated heterocycles.